The maximum Gasteiger partial charge on any atom is 0.286 e. The van der Waals surface area contributed by atoms with Crippen LogP contribution in [0.4, 0.5) is 10.1 Å². The molecule has 4 rings (SSSR count). The van der Waals surface area contributed by atoms with Gasteiger partial charge in [0.25, 0.3) is 17.2 Å². The minimum absolute atomic E-state index is 0.132. The van der Waals surface area contributed by atoms with Crippen LogP contribution in [0.2, 0.25) is 0 Å². The fraction of sp³-hybridized carbons (Fsp3) is 0.0435. The summed E-state index contributed by atoms with van der Waals surface area (Å²) in [4.78, 5) is 38.0. The first-order chi connectivity index (χ1) is 15.4. The lowest BCUT2D eigenvalue weighted by molar-refractivity contribution is -0.387. The molecule has 1 heterocycles. The predicted octanol–water partition coefficient (Wildman–Crippen LogP) is 4.83. The SMILES string of the molecule is Cc1c(Sc2ccccc2[N+](=O)[O-])c(=O)n(-c2ccccc2)n1C(=O)c1ccccc1F. The van der Waals surface area contributed by atoms with Crippen molar-refractivity contribution in [2.24, 2.45) is 0 Å². The number of carbonyl (C=O) groups is 1. The van der Waals surface area contributed by atoms with Gasteiger partial charge in [-0.05, 0) is 37.3 Å². The fourth-order valence-corrected chi connectivity index (χ4v) is 4.33. The largest absolute Gasteiger partial charge is 0.286 e. The Balaban J connectivity index is 1.95. The van der Waals surface area contributed by atoms with Gasteiger partial charge < -0.3 is 0 Å². The van der Waals surface area contributed by atoms with Gasteiger partial charge in [0.1, 0.15) is 10.7 Å². The van der Waals surface area contributed by atoms with Crippen molar-refractivity contribution < 1.29 is 14.1 Å². The first-order valence-corrected chi connectivity index (χ1v) is 10.3. The molecule has 0 N–H and O–H groups in total. The number of carbonyl (C=O) groups excluding carboxylic acids is 1. The average Bonchev–Trinajstić information content (AvgIpc) is 3.04. The lowest BCUT2D eigenvalue weighted by atomic mass is 10.2. The molecule has 0 bridgehead atoms. The van der Waals surface area contributed by atoms with E-state index in [0.29, 0.717) is 5.69 Å². The van der Waals surface area contributed by atoms with Crippen molar-refractivity contribution in [3.63, 3.8) is 0 Å². The zero-order valence-corrected chi connectivity index (χ0v) is 17.6. The predicted molar refractivity (Wildman–Crippen MR) is 118 cm³/mol. The van der Waals surface area contributed by atoms with Crippen LogP contribution in [0.25, 0.3) is 5.69 Å². The summed E-state index contributed by atoms with van der Waals surface area (Å²) < 4.78 is 16.6. The molecule has 0 fully saturated rings. The zero-order chi connectivity index (χ0) is 22.8. The maximum absolute atomic E-state index is 14.4. The summed E-state index contributed by atoms with van der Waals surface area (Å²) in [5.74, 6) is -1.44. The Kier molecular flexibility index (Phi) is 5.74. The highest BCUT2D eigenvalue weighted by atomic mass is 32.2. The van der Waals surface area contributed by atoms with Gasteiger partial charge in [0, 0.05) is 6.07 Å². The van der Waals surface area contributed by atoms with Crippen LogP contribution in [-0.4, -0.2) is 20.2 Å². The van der Waals surface area contributed by atoms with Gasteiger partial charge in [-0.25, -0.2) is 13.8 Å². The normalized spacial score (nSPS) is 10.8. The summed E-state index contributed by atoms with van der Waals surface area (Å²) in [5, 5.41) is 11.4. The van der Waals surface area contributed by atoms with Crippen LogP contribution >= 0.6 is 11.8 Å². The van der Waals surface area contributed by atoms with E-state index in [9.17, 15) is 24.1 Å². The third kappa shape index (κ3) is 3.74. The van der Waals surface area contributed by atoms with E-state index in [-0.39, 0.29) is 26.7 Å². The maximum atomic E-state index is 14.4. The topological polar surface area (TPSA) is 87.1 Å². The summed E-state index contributed by atoms with van der Waals surface area (Å²) in [6.07, 6.45) is 0. The highest BCUT2D eigenvalue weighted by Gasteiger charge is 2.27. The number of halogens is 1. The van der Waals surface area contributed by atoms with Crippen LogP contribution in [0.3, 0.4) is 0 Å². The molecule has 4 aromatic rings. The number of aromatic nitrogens is 2. The number of para-hydroxylation sites is 2. The monoisotopic (exact) mass is 449 g/mol. The Bertz CT molecular complexity index is 1400. The zero-order valence-electron chi connectivity index (χ0n) is 16.8. The number of nitrogens with zero attached hydrogens (tertiary/aromatic N) is 3. The van der Waals surface area contributed by atoms with Crippen molar-refractivity contribution in [2.75, 3.05) is 0 Å². The molecule has 0 radical (unpaired) electrons. The van der Waals surface area contributed by atoms with Crippen molar-refractivity contribution in [3.8, 4) is 5.69 Å². The molecule has 0 aliphatic rings. The van der Waals surface area contributed by atoms with Gasteiger partial charge in [0.05, 0.1) is 26.8 Å². The van der Waals surface area contributed by atoms with Gasteiger partial charge in [-0.15, -0.1) is 0 Å². The molecule has 0 spiro atoms. The number of nitro groups is 1. The third-order valence-corrected chi connectivity index (χ3v) is 6.04. The molecule has 0 unspecified atom stereocenters. The molecule has 0 atom stereocenters. The van der Waals surface area contributed by atoms with E-state index < -0.39 is 22.2 Å². The molecule has 0 saturated carbocycles. The van der Waals surface area contributed by atoms with Gasteiger partial charge >= 0.3 is 0 Å². The van der Waals surface area contributed by atoms with Crippen molar-refractivity contribution in [2.45, 2.75) is 16.7 Å². The standard InChI is InChI=1S/C23H16FN3O4S/c1-15-21(32-20-14-8-7-13-19(20)27(30)31)23(29)26(16-9-3-2-4-10-16)25(15)22(28)17-11-5-6-12-18(17)24/h2-14H,1H3. The van der Waals surface area contributed by atoms with Crippen LogP contribution in [0.1, 0.15) is 16.1 Å². The molecular weight excluding hydrogens is 433 g/mol. The molecule has 1 aromatic heterocycles. The summed E-state index contributed by atoms with van der Waals surface area (Å²) in [6, 6.07) is 20.0. The van der Waals surface area contributed by atoms with Gasteiger partial charge in [0.2, 0.25) is 0 Å². The van der Waals surface area contributed by atoms with Crippen molar-refractivity contribution in [1.82, 2.24) is 9.36 Å². The Hall–Kier alpha value is -3.98. The molecule has 9 heteroatoms. The molecule has 3 aromatic carbocycles. The summed E-state index contributed by atoms with van der Waals surface area (Å²) in [7, 11) is 0. The van der Waals surface area contributed by atoms with Gasteiger partial charge in [-0.1, -0.05) is 54.2 Å². The van der Waals surface area contributed by atoms with Gasteiger partial charge in [0.15, 0.2) is 0 Å². The molecule has 0 aliphatic heterocycles. The molecule has 0 saturated heterocycles. The fourth-order valence-electron chi connectivity index (χ4n) is 3.30. The molecule has 0 amide bonds. The lowest BCUT2D eigenvalue weighted by Crippen LogP contribution is -2.27. The molecule has 160 valence electrons. The summed E-state index contributed by atoms with van der Waals surface area (Å²) >= 11 is 0.900. The first-order valence-electron chi connectivity index (χ1n) is 9.50. The molecule has 0 aliphatic carbocycles. The Labute approximate surface area is 185 Å². The van der Waals surface area contributed by atoms with Gasteiger partial charge in [-0.3, -0.25) is 19.7 Å². The Morgan fingerprint density at radius 2 is 1.59 bits per heavy atom. The second-order valence-corrected chi connectivity index (χ2v) is 7.84. The first kappa shape index (κ1) is 21.3. The van der Waals surface area contributed by atoms with E-state index in [0.717, 1.165) is 21.1 Å². The second-order valence-electron chi connectivity index (χ2n) is 6.79. The van der Waals surface area contributed by atoms with Crippen molar-refractivity contribution in [3.05, 3.63) is 116 Å². The van der Waals surface area contributed by atoms with Crippen molar-refractivity contribution >= 4 is 23.4 Å². The molecule has 32 heavy (non-hydrogen) atoms. The summed E-state index contributed by atoms with van der Waals surface area (Å²) in [5.41, 5.74) is -0.246. The quantitative estimate of drug-likeness (QED) is 0.322. The van der Waals surface area contributed by atoms with Crippen LogP contribution < -0.4 is 5.56 Å². The van der Waals surface area contributed by atoms with Crippen LogP contribution in [0.15, 0.2) is 93.4 Å². The van der Waals surface area contributed by atoms with E-state index >= 15 is 0 Å². The Morgan fingerprint density at radius 3 is 2.28 bits per heavy atom. The number of hydrogen-bond acceptors (Lipinski definition) is 5. The highest BCUT2D eigenvalue weighted by molar-refractivity contribution is 7.99. The average molecular weight is 449 g/mol. The van der Waals surface area contributed by atoms with Gasteiger partial charge in [-0.2, -0.15) is 0 Å². The van der Waals surface area contributed by atoms with E-state index in [1.54, 1.807) is 43.3 Å². The highest BCUT2D eigenvalue weighted by Crippen LogP contribution is 2.35. The third-order valence-electron chi connectivity index (χ3n) is 4.80. The number of hydrogen-bond donors (Lipinski definition) is 0. The van der Waals surface area contributed by atoms with Crippen molar-refractivity contribution in [1.29, 1.82) is 0 Å². The smallest absolute Gasteiger partial charge is 0.267 e. The van der Waals surface area contributed by atoms with Crippen LogP contribution in [-0.2, 0) is 0 Å². The van der Waals surface area contributed by atoms with E-state index in [1.807, 2.05) is 0 Å². The minimum Gasteiger partial charge on any atom is -0.267 e. The lowest BCUT2D eigenvalue weighted by Gasteiger charge is -2.12. The van der Waals surface area contributed by atoms with Crippen LogP contribution in [0, 0.1) is 22.9 Å². The van der Waals surface area contributed by atoms with E-state index in [4.69, 9.17) is 0 Å². The minimum atomic E-state index is -0.726. The summed E-state index contributed by atoms with van der Waals surface area (Å²) in [6.45, 7) is 1.55. The number of nitro benzene ring substituents is 1. The second kappa shape index (κ2) is 8.64. The molecular formula is C23H16FN3O4S. The number of rotatable bonds is 5. The molecule has 7 nitrogen and oxygen atoms in total. The van der Waals surface area contributed by atoms with Crippen LogP contribution in [0.5, 0.6) is 0 Å². The number of benzene rings is 3. The van der Waals surface area contributed by atoms with E-state index in [1.165, 1.54) is 42.5 Å². The van der Waals surface area contributed by atoms with E-state index in [2.05, 4.69) is 0 Å². The Morgan fingerprint density at radius 1 is 0.969 bits per heavy atom.